The van der Waals surface area contributed by atoms with E-state index in [9.17, 15) is 0 Å². The van der Waals surface area contributed by atoms with Crippen LogP contribution in [-0.4, -0.2) is 6.61 Å². The zero-order valence-electron chi connectivity index (χ0n) is 17.9. The lowest BCUT2D eigenvalue weighted by atomic mass is 10.0. The Morgan fingerprint density at radius 3 is 2.00 bits per heavy atom. The molecule has 0 fully saturated rings. The van der Waals surface area contributed by atoms with Gasteiger partial charge < -0.3 is 4.74 Å². The van der Waals surface area contributed by atoms with Crippen molar-refractivity contribution in [2.45, 2.75) is 97.3 Å². The number of hydrogen-bond donors (Lipinski definition) is 0. The Morgan fingerprint density at radius 1 is 0.741 bits per heavy atom. The highest BCUT2D eigenvalue weighted by atomic mass is 16.5. The highest BCUT2D eigenvalue weighted by Gasteiger charge is 2.10. The molecule has 2 aliphatic rings. The van der Waals surface area contributed by atoms with Gasteiger partial charge in [0.15, 0.2) is 0 Å². The Balaban J connectivity index is 1.62. The highest BCUT2D eigenvalue weighted by molar-refractivity contribution is 5.73. The number of unbranched alkanes of at least 4 members (excludes halogenated alkanes) is 10. The lowest BCUT2D eigenvalue weighted by molar-refractivity contribution is 0.305. The molecule has 27 heavy (non-hydrogen) atoms. The maximum Gasteiger partial charge on any atom is 0.127 e. The van der Waals surface area contributed by atoms with Gasteiger partial charge in [0.2, 0.25) is 0 Å². The van der Waals surface area contributed by atoms with Crippen molar-refractivity contribution in [1.29, 1.82) is 0 Å². The molecule has 2 aliphatic carbocycles. The second kappa shape index (κ2) is 12.8. The van der Waals surface area contributed by atoms with Crippen LogP contribution in [0.5, 0.6) is 5.75 Å². The normalized spacial score (nSPS) is 11.4. The topological polar surface area (TPSA) is 9.23 Å². The molecule has 0 aromatic rings. The minimum absolute atomic E-state index is 0.537. The molecule has 0 aromatic carbocycles. The van der Waals surface area contributed by atoms with Gasteiger partial charge in [-0.2, -0.15) is 0 Å². The maximum atomic E-state index is 6.15. The van der Waals surface area contributed by atoms with Crippen molar-refractivity contribution in [3.8, 4) is 16.9 Å². The quantitative estimate of drug-likeness (QED) is 0.303. The van der Waals surface area contributed by atoms with E-state index < -0.39 is 0 Å². The van der Waals surface area contributed by atoms with Gasteiger partial charge in [-0.3, -0.25) is 0 Å². The van der Waals surface area contributed by atoms with Crippen LogP contribution in [0.1, 0.15) is 103 Å². The van der Waals surface area contributed by atoms with Crippen LogP contribution in [0.25, 0.3) is 11.1 Å². The van der Waals surface area contributed by atoms with E-state index >= 15 is 0 Å². The molecule has 0 radical (unpaired) electrons. The van der Waals surface area contributed by atoms with E-state index in [0.29, 0.717) is 5.92 Å². The van der Waals surface area contributed by atoms with E-state index in [1.54, 1.807) is 0 Å². The molecule has 1 heteroatoms. The minimum Gasteiger partial charge on any atom is -0.493 e. The van der Waals surface area contributed by atoms with Gasteiger partial charge in [0.1, 0.15) is 5.75 Å². The zero-order chi connectivity index (χ0) is 19.3. The van der Waals surface area contributed by atoms with Crippen LogP contribution in [0.2, 0.25) is 0 Å². The standard InChI is InChI=1S/C26H40O/c1-4-5-6-7-8-9-10-11-12-13-14-20-27-26-19-18-23(22(2)3)21-24-16-15-17-25(24)26/h15-19,21-22H,4-14,20H2,1-3H3. The van der Waals surface area contributed by atoms with Crippen molar-refractivity contribution in [3.05, 3.63) is 42.0 Å². The summed E-state index contributed by atoms with van der Waals surface area (Å²) in [5.41, 5.74) is 3.90. The van der Waals surface area contributed by atoms with Gasteiger partial charge in [-0.15, -0.1) is 0 Å². The molecule has 0 N–H and O–H groups in total. The Morgan fingerprint density at radius 2 is 1.37 bits per heavy atom. The van der Waals surface area contributed by atoms with Gasteiger partial charge in [-0.25, -0.2) is 0 Å². The summed E-state index contributed by atoms with van der Waals surface area (Å²) < 4.78 is 6.15. The molecule has 0 unspecified atom stereocenters. The predicted octanol–water partition coefficient (Wildman–Crippen LogP) is 8.60. The van der Waals surface area contributed by atoms with E-state index in [1.807, 2.05) is 0 Å². The monoisotopic (exact) mass is 368 g/mol. The summed E-state index contributed by atoms with van der Waals surface area (Å²) in [5, 5.41) is 0. The summed E-state index contributed by atoms with van der Waals surface area (Å²) in [4.78, 5) is 0. The molecule has 2 rings (SSSR count). The lowest BCUT2D eigenvalue weighted by Gasteiger charge is -2.08. The Bertz CT molecular complexity index is 601. The number of hydrogen-bond acceptors (Lipinski definition) is 1. The maximum absolute atomic E-state index is 6.15. The van der Waals surface area contributed by atoms with Crippen molar-refractivity contribution >= 4 is 0 Å². The summed E-state index contributed by atoms with van der Waals surface area (Å²) in [6.07, 6.45) is 15.1. The fourth-order valence-electron chi connectivity index (χ4n) is 3.71. The van der Waals surface area contributed by atoms with Gasteiger partial charge in [0.05, 0.1) is 6.61 Å². The van der Waals surface area contributed by atoms with Gasteiger partial charge in [0.25, 0.3) is 0 Å². The first kappa shape index (κ1) is 21.8. The molecule has 0 saturated heterocycles. The van der Waals surface area contributed by atoms with Crippen molar-refractivity contribution in [2.24, 2.45) is 0 Å². The molecule has 0 atom stereocenters. The summed E-state index contributed by atoms with van der Waals surface area (Å²) >= 11 is 0. The molecule has 0 heterocycles. The van der Waals surface area contributed by atoms with Crippen LogP contribution in [0.3, 0.4) is 0 Å². The average molecular weight is 369 g/mol. The third kappa shape index (κ3) is 7.95. The molecule has 150 valence electrons. The van der Waals surface area contributed by atoms with E-state index in [2.05, 4.69) is 57.2 Å². The summed E-state index contributed by atoms with van der Waals surface area (Å²) in [6.45, 7) is 7.61. The molecule has 0 aromatic heterocycles. The van der Waals surface area contributed by atoms with Gasteiger partial charge in [0, 0.05) is 5.56 Å². The Kier molecular flexibility index (Phi) is 10.3. The van der Waals surface area contributed by atoms with Crippen LogP contribution in [-0.2, 0) is 0 Å². The molecular weight excluding hydrogens is 328 g/mol. The van der Waals surface area contributed by atoms with Crippen LogP contribution in [0, 0.1) is 0 Å². The first-order chi connectivity index (χ1) is 13.2. The third-order valence-electron chi connectivity index (χ3n) is 5.54. The first-order valence-corrected chi connectivity index (χ1v) is 11.4. The van der Waals surface area contributed by atoms with Crippen molar-refractivity contribution in [2.75, 3.05) is 6.61 Å². The molecule has 0 aliphatic heterocycles. The van der Waals surface area contributed by atoms with Crippen LogP contribution >= 0.6 is 0 Å². The van der Waals surface area contributed by atoms with Gasteiger partial charge in [-0.1, -0.05) is 115 Å². The second-order valence-electron chi connectivity index (χ2n) is 8.28. The number of ether oxygens (including phenoxy) is 1. The molecule has 0 spiro atoms. The van der Waals surface area contributed by atoms with E-state index in [0.717, 1.165) is 18.8 Å². The summed E-state index contributed by atoms with van der Waals surface area (Å²) in [7, 11) is 0. The van der Waals surface area contributed by atoms with Gasteiger partial charge in [-0.05, 0) is 29.5 Å². The van der Waals surface area contributed by atoms with E-state index in [1.165, 1.54) is 80.9 Å². The van der Waals surface area contributed by atoms with Crippen molar-refractivity contribution < 1.29 is 4.74 Å². The van der Waals surface area contributed by atoms with Crippen LogP contribution in [0.4, 0.5) is 0 Å². The highest BCUT2D eigenvalue weighted by Crippen LogP contribution is 2.34. The average Bonchev–Trinajstić information content (AvgIpc) is 3.04. The summed E-state index contributed by atoms with van der Waals surface area (Å²) in [5.74, 6) is 1.57. The van der Waals surface area contributed by atoms with Gasteiger partial charge >= 0.3 is 0 Å². The first-order valence-electron chi connectivity index (χ1n) is 11.4. The molecule has 0 saturated carbocycles. The molecule has 0 amide bonds. The van der Waals surface area contributed by atoms with Crippen molar-refractivity contribution in [1.82, 2.24) is 0 Å². The Hall–Kier alpha value is -1.50. The SMILES string of the molecule is CCCCCCCCCCCCCOc1ccc(C(C)C)cc2cccc1-2. The largest absolute Gasteiger partial charge is 0.493 e. The third-order valence-corrected chi connectivity index (χ3v) is 5.54. The molecule has 0 bridgehead atoms. The minimum atomic E-state index is 0.537. The second-order valence-corrected chi connectivity index (χ2v) is 8.28. The van der Waals surface area contributed by atoms with E-state index in [-0.39, 0.29) is 0 Å². The smallest absolute Gasteiger partial charge is 0.127 e. The molecule has 1 nitrogen and oxygen atoms in total. The fraction of sp³-hybridized carbons (Fsp3) is 0.615. The van der Waals surface area contributed by atoms with Crippen molar-refractivity contribution in [3.63, 3.8) is 0 Å². The zero-order valence-corrected chi connectivity index (χ0v) is 17.9. The Labute approximate surface area is 167 Å². The molecular formula is C26H40O. The van der Waals surface area contributed by atoms with Crippen LogP contribution in [0.15, 0.2) is 36.4 Å². The number of fused-ring (bicyclic) bond motifs is 1. The van der Waals surface area contributed by atoms with E-state index in [4.69, 9.17) is 4.74 Å². The number of rotatable bonds is 14. The van der Waals surface area contributed by atoms with Crippen LogP contribution < -0.4 is 4.74 Å². The fourth-order valence-corrected chi connectivity index (χ4v) is 3.71. The predicted molar refractivity (Wildman–Crippen MR) is 119 cm³/mol. The lowest BCUT2D eigenvalue weighted by Crippen LogP contribution is -1.97. The summed E-state index contributed by atoms with van der Waals surface area (Å²) in [6, 6.07) is 13.2.